The van der Waals surface area contributed by atoms with Crippen molar-refractivity contribution in [2.45, 2.75) is 19.9 Å². The van der Waals surface area contributed by atoms with Crippen LogP contribution < -0.4 is 5.32 Å². The molecule has 6 heteroatoms. The van der Waals surface area contributed by atoms with E-state index in [4.69, 9.17) is 0 Å². The van der Waals surface area contributed by atoms with Gasteiger partial charge in [0.2, 0.25) is 0 Å². The van der Waals surface area contributed by atoms with E-state index in [1.165, 1.54) is 6.26 Å². The summed E-state index contributed by atoms with van der Waals surface area (Å²) in [4.78, 5) is 1.07. The van der Waals surface area contributed by atoms with E-state index in [0.29, 0.717) is 0 Å². The molecule has 1 atom stereocenters. The average Bonchev–Trinajstić information content (AvgIpc) is 2.44. The molecule has 1 heterocycles. The molecule has 1 aromatic rings. The monoisotopic (exact) mass is 325 g/mol. The summed E-state index contributed by atoms with van der Waals surface area (Å²) in [6.07, 6.45) is 1.27. The third kappa shape index (κ3) is 4.16. The number of sulfone groups is 1. The van der Waals surface area contributed by atoms with Crippen molar-refractivity contribution >= 4 is 37.1 Å². The minimum absolute atomic E-state index is 0.102. The first-order valence-corrected chi connectivity index (χ1v) is 8.67. The number of aryl methyl sites for hydroxylation is 1. The highest BCUT2D eigenvalue weighted by atomic mass is 79.9. The largest absolute Gasteiger partial charge is 0.309 e. The Morgan fingerprint density at radius 1 is 1.56 bits per heavy atom. The van der Waals surface area contributed by atoms with Crippen LogP contribution in [0.5, 0.6) is 0 Å². The normalized spacial score (nSPS) is 14.0. The van der Waals surface area contributed by atoms with E-state index >= 15 is 0 Å². The second-order valence-electron chi connectivity index (χ2n) is 3.81. The third-order valence-electron chi connectivity index (χ3n) is 2.14. The van der Waals surface area contributed by atoms with Gasteiger partial charge in [-0.25, -0.2) is 8.42 Å². The van der Waals surface area contributed by atoms with Crippen molar-refractivity contribution < 1.29 is 8.42 Å². The van der Waals surface area contributed by atoms with Gasteiger partial charge in [0, 0.05) is 11.1 Å². The van der Waals surface area contributed by atoms with E-state index in [2.05, 4.69) is 21.2 Å². The van der Waals surface area contributed by atoms with Crippen LogP contribution in [0, 0.1) is 6.92 Å². The van der Waals surface area contributed by atoms with Crippen molar-refractivity contribution in [3.63, 3.8) is 0 Å². The Bertz CT molecular complexity index is 434. The summed E-state index contributed by atoms with van der Waals surface area (Å²) in [6.45, 7) is 4.74. The van der Waals surface area contributed by atoms with Crippen molar-refractivity contribution in [1.29, 1.82) is 0 Å². The van der Waals surface area contributed by atoms with E-state index < -0.39 is 9.84 Å². The minimum atomic E-state index is -2.97. The Morgan fingerprint density at radius 2 is 2.19 bits per heavy atom. The molecule has 1 N–H and O–H groups in total. The van der Waals surface area contributed by atoms with Gasteiger partial charge in [0.15, 0.2) is 0 Å². The van der Waals surface area contributed by atoms with Crippen LogP contribution in [0.4, 0.5) is 0 Å². The molecular weight excluding hydrogens is 310 g/mol. The summed E-state index contributed by atoms with van der Waals surface area (Å²) < 4.78 is 23.7. The first-order valence-electron chi connectivity index (χ1n) is 5.00. The second-order valence-corrected chi connectivity index (χ2v) is 8.39. The maximum Gasteiger partial charge on any atom is 0.149 e. The van der Waals surface area contributed by atoms with Crippen molar-refractivity contribution in [3.8, 4) is 0 Å². The number of halogens is 1. The van der Waals surface area contributed by atoms with E-state index in [0.717, 1.165) is 20.8 Å². The van der Waals surface area contributed by atoms with E-state index in [1.54, 1.807) is 11.3 Å². The van der Waals surface area contributed by atoms with E-state index in [-0.39, 0.29) is 11.8 Å². The highest BCUT2D eigenvalue weighted by Gasteiger charge is 2.19. The van der Waals surface area contributed by atoms with Gasteiger partial charge in [0.25, 0.3) is 0 Å². The molecule has 0 aliphatic carbocycles. The summed E-state index contributed by atoms with van der Waals surface area (Å²) in [7, 11) is -2.97. The molecule has 3 nitrogen and oxygen atoms in total. The Labute approximate surface area is 109 Å². The van der Waals surface area contributed by atoms with E-state index in [9.17, 15) is 8.42 Å². The van der Waals surface area contributed by atoms with Gasteiger partial charge in [-0.1, -0.05) is 6.92 Å². The van der Waals surface area contributed by atoms with E-state index in [1.807, 2.05) is 19.9 Å². The van der Waals surface area contributed by atoms with Crippen LogP contribution >= 0.6 is 27.3 Å². The lowest BCUT2D eigenvalue weighted by atomic mass is 10.2. The molecule has 92 valence electrons. The summed E-state index contributed by atoms with van der Waals surface area (Å²) >= 11 is 5.05. The van der Waals surface area contributed by atoms with Gasteiger partial charge in [-0.2, -0.15) is 0 Å². The summed E-state index contributed by atoms with van der Waals surface area (Å²) in [5.74, 6) is 0.146. The molecule has 0 saturated heterocycles. The standard InChI is InChI=1S/C10H16BrNO2S2/c1-4-12-8(6-16(3,13)14)9-5-7(2)10(11)15-9/h5,8,12H,4,6H2,1-3H3. The fourth-order valence-corrected chi connectivity index (χ4v) is 4.10. The lowest BCUT2D eigenvalue weighted by Crippen LogP contribution is -2.26. The molecule has 1 rings (SSSR count). The SMILES string of the molecule is CCNC(CS(C)(=O)=O)c1cc(C)c(Br)s1. The fraction of sp³-hybridized carbons (Fsp3) is 0.600. The zero-order valence-corrected chi connectivity index (χ0v) is 12.8. The van der Waals surface area contributed by atoms with Crippen molar-refractivity contribution in [2.24, 2.45) is 0 Å². The summed E-state index contributed by atoms with van der Waals surface area (Å²) in [5.41, 5.74) is 1.15. The Kier molecular flexibility index (Phi) is 4.97. The number of hydrogen-bond acceptors (Lipinski definition) is 4. The van der Waals surface area contributed by atoms with Gasteiger partial charge in [-0.05, 0) is 41.0 Å². The Balaban J connectivity index is 2.93. The van der Waals surface area contributed by atoms with Gasteiger partial charge in [0.1, 0.15) is 9.84 Å². The Morgan fingerprint density at radius 3 is 2.56 bits per heavy atom. The molecule has 0 spiro atoms. The minimum Gasteiger partial charge on any atom is -0.309 e. The maximum absolute atomic E-state index is 11.3. The number of hydrogen-bond donors (Lipinski definition) is 1. The smallest absolute Gasteiger partial charge is 0.149 e. The molecule has 0 radical (unpaired) electrons. The molecule has 0 fully saturated rings. The summed E-state index contributed by atoms with van der Waals surface area (Å²) in [6, 6.07) is 1.93. The highest BCUT2D eigenvalue weighted by molar-refractivity contribution is 9.11. The van der Waals surface area contributed by atoms with Crippen LogP contribution in [-0.2, 0) is 9.84 Å². The lowest BCUT2D eigenvalue weighted by Gasteiger charge is -2.14. The zero-order valence-electron chi connectivity index (χ0n) is 9.58. The fourth-order valence-electron chi connectivity index (χ4n) is 1.45. The maximum atomic E-state index is 11.3. The first kappa shape index (κ1) is 14.2. The van der Waals surface area contributed by atoms with Crippen LogP contribution in [-0.4, -0.2) is 27.0 Å². The van der Waals surface area contributed by atoms with Crippen LogP contribution in [0.2, 0.25) is 0 Å². The molecule has 0 bridgehead atoms. The molecule has 16 heavy (non-hydrogen) atoms. The molecule has 0 amide bonds. The van der Waals surface area contributed by atoms with Gasteiger partial charge in [-0.3, -0.25) is 0 Å². The van der Waals surface area contributed by atoms with Gasteiger partial charge in [0.05, 0.1) is 15.6 Å². The molecule has 0 aliphatic rings. The van der Waals surface area contributed by atoms with Crippen molar-refractivity contribution in [3.05, 3.63) is 20.3 Å². The molecule has 0 aromatic carbocycles. The molecular formula is C10H16BrNO2S2. The van der Waals surface area contributed by atoms with Gasteiger partial charge >= 0.3 is 0 Å². The van der Waals surface area contributed by atoms with Crippen molar-refractivity contribution in [2.75, 3.05) is 18.6 Å². The highest BCUT2D eigenvalue weighted by Crippen LogP contribution is 2.31. The van der Waals surface area contributed by atoms with Crippen LogP contribution in [0.1, 0.15) is 23.4 Å². The third-order valence-corrected chi connectivity index (χ3v) is 5.33. The van der Waals surface area contributed by atoms with Crippen LogP contribution in [0.15, 0.2) is 9.85 Å². The average molecular weight is 326 g/mol. The number of thiophene rings is 1. The zero-order chi connectivity index (χ0) is 12.3. The lowest BCUT2D eigenvalue weighted by molar-refractivity contribution is 0.567. The molecule has 0 saturated carbocycles. The van der Waals surface area contributed by atoms with Gasteiger partial charge < -0.3 is 5.32 Å². The van der Waals surface area contributed by atoms with Crippen LogP contribution in [0.25, 0.3) is 0 Å². The molecule has 1 aromatic heterocycles. The Hall–Kier alpha value is 0.0900. The number of rotatable bonds is 5. The second kappa shape index (κ2) is 5.62. The quantitative estimate of drug-likeness (QED) is 0.904. The van der Waals surface area contributed by atoms with Crippen molar-refractivity contribution in [1.82, 2.24) is 5.32 Å². The van der Waals surface area contributed by atoms with Gasteiger partial charge in [-0.15, -0.1) is 11.3 Å². The molecule has 0 aliphatic heterocycles. The predicted octanol–water partition coefficient (Wildman–Crippen LogP) is 2.51. The number of nitrogens with one attached hydrogen (secondary N) is 1. The van der Waals surface area contributed by atoms with Crippen LogP contribution in [0.3, 0.4) is 0 Å². The first-order chi connectivity index (χ1) is 7.33. The topological polar surface area (TPSA) is 46.2 Å². The predicted molar refractivity (Wildman–Crippen MR) is 72.9 cm³/mol. The molecule has 1 unspecified atom stereocenters. The summed E-state index contributed by atoms with van der Waals surface area (Å²) in [5, 5.41) is 3.21.